The normalized spacial score (nSPS) is 17.3. The van der Waals surface area contributed by atoms with Crippen LogP contribution in [0, 0.1) is 6.42 Å². The van der Waals surface area contributed by atoms with Crippen LogP contribution in [0.2, 0.25) is 0 Å². The fraction of sp³-hybridized carbons (Fsp3) is 0.333. The van der Waals surface area contributed by atoms with Gasteiger partial charge in [-0.05, 0) is 0 Å². The van der Waals surface area contributed by atoms with Crippen molar-refractivity contribution in [3.05, 3.63) is 23.9 Å². The Morgan fingerprint density at radius 1 is 1.67 bits per heavy atom. The van der Waals surface area contributed by atoms with E-state index in [9.17, 15) is 0 Å². The van der Waals surface area contributed by atoms with Gasteiger partial charge in [0.05, 0.1) is 19.4 Å². The molecule has 0 aliphatic carbocycles. The van der Waals surface area contributed by atoms with Crippen LogP contribution >= 0.6 is 0 Å². The van der Waals surface area contributed by atoms with E-state index in [1.807, 2.05) is 6.42 Å². The summed E-state index contributed by atoms with van der Waals surface area (Å²) in [6, 6.07) is 0. The zero-order valence-electron chi connectivity index (χ0n) is 4.92. The van der Waals surface area contributed by atoms with Gasteiger partial charge in [0.25, 0.3) is 0 Å². The van der Waals surface area contributed by atoms with Crippen LogP contribution in [-0.2, 0) is 11.3 Å². The summed E-state index contributed by atoms with van der Waals surface area (Å²) in [7, 11) is 0. The Labute approximate surface area is 53.0 Å². The molecule has 47 valence electrons. The van der Waals surface area contributed by atoms with E-state index < -0.39 is 0 Å². The van der Waals surface area contributed by atoms with Crippen molar-refractivity contribution >= 4 is 0 Å². The van der Waals surface area contributed by atoms with Crippen molar-refractivity contribution in [2.75, 3.05) is 6.61 Å². The highest BCUT2D eigenvalue weighted by Gasteiger charge is 2.09. The molecular formula is C6H7N2O. The molecule has 0 fully saturated rings. The van der Waals surface area contributed by atoms with Gasteiger partial charge in [0.2, 0.25) is 0 Å². The van der Waals surface area contributed by atoms with Crippen molar-refractivity contribution in [2.24, 2.45) is 0 Å². The lowest BCUT2D eigenvalue weighted by molar-refractivity contribution is 0.132. The molecule has 2 rings (SSSR count). The molecule has 3 heteroatoms. The van der Waals surface area contributed by atoms with E-state index >= 15 is 0 Å². The third-order valence-electron chi connectivity index (χ3n) is 1.41. The topological polar surface area (TPSA) is 37.9 Å². The minimum absolute atomic E-state index is 0.697. The number of nitrogens with zero attached hydrogens (tertiary/aromatic N) is 1. The summed E-state index contributed by atoms with van der Waals surface area (Å²) in [5.41, 5.74) is 2.27. The summed E-state index contributed by atoms with van der Waals surface area (Å²) >= 11 is 0. The van der Waals surface area contributed by atoms with Crippen molar-refractivity contribution in [1.82, 2.24) is 10.2 Å². The molecule has 2 heterocycles. The first-order chi connectivity index (χ1) is 4.47. The number of H-pyrrole nitrogens is 1. The van der Waals surface area contributed by atoms with Gasteiger partial charge in [-0.3, -0.25) is 5.10 Å². The second-order valence-electron chi connectivity index (χ2n) is 2.03. The summed E-state index contributed by atoms with van der Waals surface area (Å²) in [5, 5.41) is 6.74. The van der Waals surface area contributed by atoms with E-state index in [1.54, 1.807) is 6.20 Å². The number of nitrogens with one attached hydrogen (secondary N) is 1. The summed E-state index contributed by atoms with van der Waals surface area (Å²) < 4.78 is 5.14. The molecule has 0 saturated carbocycles. The molecule has 0 spiro atoms. The maximum absolute atomic E-state index is 5.14. The first kappa shape index (κ1) is 4.99. The van der Waals surface area contributed by atoms with Gasteiger partial charge >= 0.3 is 0 Å². The Hall–Kier alpha value is -0.830. The van der Waals surface area contributed by atoms with Gasteiger partial charge in [0, 0.05) is 17.7 Å². The highest BCUT2D eigenvalue weighted by Crippen LogP contribution is 2.13. The summed E-state index contributed by atoms with van der Waals surface area (Å²) in [6.45, 7) is 1.40. The lowest BCUT2D eigenvalue weighted by Crippen LogP contribution is -2.05. The first-order valence-corrected chi connectivity index (χ1v) is 2.90. The number of hydrogen-bond acceptors (Lipinski definition) is 2. The molecule has 0 saturated heterocycles. The van der Waals surface area contributed by atoms with Crippen LogP contribution in [0.3, 0.4) is 0 Å². The SMILES string of the molecule is [CH]1COCc2cn[nH]c21. The van der Waals surface area contributed by atoms with Gasteiger partial charge in [-0.1, -0.05) is 0 Å². The van der Waals surface area contributed by atoms with Gasteiger partial charge in [0.1, 0.15) is 0 Å². The quantitative estimate of drug-likeness (QED) is 0.545. The predicted molar refractivity (Wildman–Crippen MR) is 31.6 cm³/mol. The highest BCUT2D eigenvalue weighted by molar-refractivity contribution is 5.24. The lowest BCUT2D eigenvalue weighted by Gasteiger charge is -2.09. The van der Waals surface area contributed by atoms with Crippen LogP contribution in [-0.4, -0.2) is 16.8 Å². The Balaban J connectivity index is 2.39. The van der Waals surface area contributed by atoms with E-state index in [0.29, 0.717) is 13.2 Å². The fourth-order valence-corrected chi connectivity index (χ4v) is 0.924. The van der Waals surface area contributed by atoms with E-state index in [1.165, 1.54) is 0 Å². The maximum atomic E-state index is 5.14. The third-order valence-corrected chi connectivity index (χ3v) is 1.41. The van der Waals surface area contributed by atoms with Crippen molar-refractivity contribution < 1.29 is 4.74 Å². The van der Waals surface area contributed by atoms with Crippen molar-refractivity contribution in [2.45, 2.75) is 6.61 Å². The lowest BCUT2D eigenvalue weighted by atomic mass is 10.2. The number of hydrogen-bond donors (Lipinski definition) is 1. The second kappa shape index (κ2) is 1.84. The Morgan fingerprint density at radius 2 is 2.67 bits per heavy atom. The van der Waals surface area contributed by atoms with Crippen LogP contribution in [0.4, 0.5) is 0 Å². The average molecular weight is 123 g/mol. The molecule has 1 aliphatic rings. The van der Waals surface area contributed by atoms with Gasteiger partial charge in [-0.25, -0.2) is 0 Å². The minimum Gasteiger partial charge on any atom is -0.376 e. The van der Waals surface area contributed by atoms with Gasteiger partial charge in [-0.2, -0.15) is 5.10 Å². The monoisotopic (exact) mass is 123 g/mol. The molecule has 0 amide bonds. The third kappa shape index (κ3) is 0.733. The highest BCUT2D eigenvalue weighted by atomic mass is 16.5. The van der Waals surface area contributed by atoms with Gasteiger partial charge in [-0.15, -0.1) is 0 Å². The zero-order chi connectivity index (χ0) is 6.10. The number of fused-ring (bicyclic) bond motifs is 1. The van der Waals surface area contributed by atoms with Crippen molar-refractivity contribution in [3.63, 3.8) is 0 Å². The van der Waals surface area contributed by atoms with Crippen LogP contribution in [0.5, 0.6) is 0 Å². The molecule has 1 aliphatic heterocycles. The van der Waals surface area contributed by atoms with E-state index in [4.69, 9.17) is 4.74 Å². The maximum Gasteiger partial charge on any atom is 0.0750 e. The molecule has 1 N–H and O–H groups in total. The van der Waals surface area contributed by atoms with E-state index in [2.05, 4.69) is 10.2 Å². The van der Waals surface area contributed by atoms with Crippen LogP contribution < -0.4 is 0 Å². The smallest absolute Gasteiger partial charge is 0.0750 e. The predicted octanol–water partition coefficient (Wildman–Crippen LogP) is 0.492. The van der Waals surface area contributed by atoms with Gasteiger partial charge < -0.3 is 4.74 Å². The molecule has 0 aromatic carbocycles. The Bertz CT molecular complexity index is 186. The Kier molecular flexibility index (Phi) is 1.02. The minimum atomic E-state index is 0.697. The molecule has 1 aromatic heterocycles. The summed E-state index contributed by atoms with van der Waals surface area (Å²) in [5.74, 6) is 0. The number of ether oxygens (including phenoxy) is 1. The van der Waals surface area contributed by atoms with Crippen LogP contribution in [0.1, 0.15) is 11.3 Å². The zero-order valence-corrected chi connectivity index (χ0v) is 4.92. The van der Waals surface area contributed by atoms with E-state index in [-0.39, 0.29) is 0 Å². The Morgan fingerprint density at radius 3 is 3.56 bits per heavy atom. The molecule has 3 nitrogen and oxygen atoms in total. The average Bonchev–Trinajstić information content (AvgIpc) is 2.33. The number of rotatable bonds is 0. The largest absolute Gasteiger partial charge is 0.376 e. The van der Waals surface area contributed by atoms with Gasteiger partial charge in [0.15, 0.2) is 0 Å². The number of aromatic amines is 1. The molecular weight excluding hydrogens is 116 g/mol. The first-order valence-electron chi connectivity index (χ1n) is 2.90. The summed E-state index contributed by atoms with van der Waals surface area (Å²) in [4.78, 5) is 0. The molecule has 0 unspecified atom stereocenters. The fourth-order valence-electron chi connectivity index (χ4n) is 0.924. The van der Waals surface area contributed by atoms with Crippen molar-refractivity contribution in [1.29, 1.82) is 0 Å². The molecule has 0 bridgehead atoms. The molecule has 0 atom stereocenters. The molecule has 9 heavy (non-hydrogen) atoms. The molecule has 1 radical (unpaired) electrons. The van der Waals surface area contributed by atoms with Crippen LogP contribution in [0.15, 0.2) is 6.20 Å². The van der Waals surface area contributed by atoms with Crippen LogP contribution in [0.25, 0.3) is 0 Å². The van der Waals surface area contributed by atoms with E-state index in [0.717, 1.165) is 11.3 Å². The van der Waals surface area contributed by atoms with Crippen molar-refractivity contribution in [3.8, 4) is 0 Å². The summed E-state index contributed by atoms with van der Waals surface area (Å²) in [6.07, 6.45) is 3.79. The standard InChI is InChI=1S/C6H7N2O/c1-2-9-4-5-3-7-8-6(1)5/h1,3H,2,4H2,(H,7,8). The molecule has 1 aromatic rings. The number of aromatic nitrogens is 2. The second-order valence-corrected chi connectivity index (χ2v) is 2.03.